The average molecular weight is 255 g/mol. The van der Waals surface area contributed by atoms with Crippen molar-refractivity contribution in [2.24, 2.45) is 0 Å². The summed E-state index contributed by atoms with van der Waals surface area (Å²) in [6.45, 7) is 0. The molecule has 0 atom stereocenters. The van der Waals surface area contributed by atoms with Crippen molar-refractivity contribution >= 4 is 29.0 Å². The van der Waals surface area contributed by atoms with E-state index in [4.69, 9.17) is 23.2 Å². The van der Waals surface area contributed by atoms with Gasteiger partial charge in [0.25, 0.3) is 0 Å². The largest absolute Gasteiger partial charge is 0.294 e. The maximum atomic E-state index is 11.9. The lowest BCUT2D eigenvalue weighted by Gasteiger charge is -2.03. The van der Waals surface area contributed by atoms with E-state index in [9.17, 15) is 4.79 Å². The number of hydrogen-bond acceptors (Lipinski definition) is 1. The molecule has 3 heteroatoms. The Kier molecular flexibility index (Phi) is 3.67. The molecule has 0 spiro atoms. The summed E-state index contributed by atoms with van der Waals surface area (Å²) >= 11 is 11.7. The molecule has 0 N–H and O–H groups in total. The van der Waals surface area contributed by atoms with Gasteiger partial charge < -0.3 is 0 Å². The standard InChI is InChI=1S/C13H12Cl2O/c14-11-6-5-9(7-12(11)15)8-13(16)10-3-1-2-4-10/h3,5-7H,1-2,4,8H2. The molecule has 0 aliphatic heterocycles. The summed E-state index contributed by atoms with van der Waals surface area (Å²) in [6, 6.07) is 5.34. The molecular weight excluding hydrogens is 243 g/mol. The van der Waals surface area contributed by atoms with Gasteiger partial charge in [0.05, 0.1) is 10.0 Å². The molecule has 0 amide bonds. The van der Waals surface area contributed by atoms with E-state index < -0.39 is 0 Å². The van der Waals surface area contributed by atoms with Gasteiger partial charge in [-0.15, -0.1) is 0 Å². The van der Waals surface area contributed by atoms with Crippen molar-refractivity contribution in [1.82, 2.24) is 0 Å². The summed E-state index contributed by atoms with van der Waals surface area (Å²) < 4.78 is 0. The van der Waals surface area contributed by atoms with Crippen molar-refractivity contribution < 1.29 is 4.79 Å². The van der Waals surface area contributed by atoms with Crippen LogP contribution in [0.25, 0.3) is 0 Å². The minimum absolute atomic E-state index is 0.205. The second kappa shape index (κ2) is 5.03. The van der Waals surface area contributed by atoms with E-state index in [2.05, 4.69) is 0 Å². The number of Topliss-reactive ketones (excluding diaryl/α,β-unsaturated/α-hetero) is 1. The minimum atomic E-state index is 0.205. The quantitative estimate of drug-likeness (QED) is 0.790. The Morgan fingerprint density at radius 1 is 1.25 bits per heavy atom. The molecule has 0 saturated heterocycles. The molecule has 0 aromatic heterocycles. The highest BCUT2D eigenvalue weighted by Gasteiger charge is 2.14. The van der Waals surface area contributed by atoms with Crippen LogP contribution in [0.4, 0.5) is 0 Å². The number of rotatable bonds is 3. The van der Waals surface area contributed by atoms with E-state index in [0.29, 0.717) is 16.5 Å². The highest BCUT2D eigenvalue weighted by Crippen LogP contribution is 2.24. The summed E-state index contributed by atoms with van der Waals surface area (Å²) in [6.07, 6.45) is 5.51. The van der Waals surface area contributed by atoms with Crippen LogP contribution in [0.2, 0.25) is 10.0 Å². The summed E-state index contributed by atoms with van der Waals surface area (Å²) in [5.41, 5.74) is 1.89. The summed E-state index contributed by atoms with van der Waals surface area (Å²) in [4.78, 5) is 11.9. The normalized spacial score (nSPS) is 15.0. The van der Waals surface area contributed by atoms with E-state index in [0.717, 1.165) is 30.4 Å². The van der Waals surface area contributed by atoms with Crippen LogP contribution in [-0.2, 0) is 11.2 Å². The number of carbonyl (C=O) groups is 1. The molecule has 0 saturated carbocycles. The smallest absolute Gasteiger partial charge is 0.162 e. The second-order valence-corrected chi connectivity index (χ2v) is 4.78. The summed E-state index contributed by atoms with van der Waals surface area (Å²) in [5, 5.41) is 1.03. The van der Waals surface area contributed by atoms with E-state index in [1.807, 2.05) is 12.1 Å². The predicted octanol–water partition coefficient (Wildman–Crippen LogP) is 4.22. The first-order chi connectivity index (χ1) is 7.66. The van der Waals surface area contributed by atoms with Crippen LogP contribution in [0.5, 0.6) is 0 Å². The van der Waals surface area contributed by atoms with Crippen LogP contribution in [-0.4, -0.2) is 5.78 Å². The van der Waals surface area contributed by atoms with Crippen molar-refractivity contribution in [3.05, 3.63) is 45.5 Å². The van der Waals surface area contributed by atoms with Crippen molar-refractivity contribution in [2.75, 3.05) is 0 Å². The molecular formula is C13H12Cl2O. The molecule has 0 fully saturated rings. The molecule has 84 valence electrons. The van der Waals surface area contributed by atoms with E-state index >= 15 is 0 Å². The van der Waals surface area contributed by atoms with E-state index in [1.54, 1.807) is 12.1 Å². The van der Waals surface area contributed by atoms with Crippen molar-refractivity contribution in [1.29, 1.82) is 0 Å². The van der Waals surface area contributed by atoms with Crippen LogP contribution in [0.15, 0.2) is 29.8 Å². The van der Waals surface area contributed by atoms with Gasteiger partial charge >= 0.3 is 0 Å². The lowest BCUT2D eigenvalue weighted by molar-refractivity contribution is -0.115. The number of carbonyl (C=O) groups excluding carboxylic acids is 1. The first-order valence-corrected chi connectivity index (χ1v) is 6.08. The fourth-order valence-corrected chi connectivity index (χ4v) is 2.19. The van der Waals surface area contributed by atoms with Crippen molar-refractivity contribution in [2.45, 2.75) is 25.7 Å². The third-order valence-corrected chi connectivity index (χ3v) is 3.49. The van der Waals surface area contributed by atoms with E-state index in [1.165, 1.54) is 0 Å². The van der Waals surface area contributed by atoms with Crippen LogP contribution in [0.1, 0.15) is 24.8 Å². The van der Waals surface area contributed by atoms with Crippen LogP contribution in [0.3, 0.4) is 0 Å². The third-order valence-electron chi connectivity index (χ3n) is 2.75. The molecule has 0 radical (unpaired) electrons. The van der Waals surface area contributed by atoms with Crippen LogP contribution in [0, 0.1) is 0 Å². The first-order valence-electron chi connectivity index (χ1n) is 5.33. The van der Waals surface area contributed by atoms with Crippen LogP contribution < -0.4 is 0 Å². The summed E-state index contributed by atoms with van der Waals surface area (Å²) in [5.74, 6) is 0.205. The Hall–Kier alpha value is -0.790. The highest BCUT2D eigenvalue weighted by atomic mass is 35.5. The van der Waals surface area contributed by atoms with Gasteiger partial charge in [-0.05, 0) is 42.5 Å². The fraction of sp³-hybridized carbons (Fsp3) is 0.308. The average Bonchev–Trinajstić information content (AvgIpc) is 2.77. The van der Waals surface area contributed by atoms with Gasteiger partial charge in [-0.25, -0.2) is 0 Å². The molecule has 1 aliphatic rings. The molecule has 2 rings (SSSR count). The lowest BCUT2D eigenvalue weighted by atomic mass is 10.0. The van der Waals surface area contributed by atoms with E-state index in [-0.39, 0.29) is 5.78 Å². The monoisotopic (exact) mass is 254 g/mol. The van der Waals surface area contributed by atoms with Gasteiger partial charge in [-0.2, -0.15) is 0 Å². The molecule has 1 nitrogen and oxygen atoms in total. The molecule has 0 bridgehead atoms. The minimum Gasteiger partial charge on any atom is -0.294 e. The zero-order valence-corrected chi connectivity index (χ0v) is 10.3. The van der Waals surface area contributed by atoms with Gasteiger partial charge in [-0.3, -0.25) is 4.79 Å². The lowest BCUT2D eigenvalue weighted by Crippen LogP contribution is -2.04. The molecule has 16 heavy (non-hydrogen) atoms. The molecule has 0 unspecified atom stereocenters. The fourth-order valence-electron chi connectivity index (χ4n) is 1.87. The Morgan fingerprint density at radius 3 is 2.69 bits per heavy atom. The third kappa shape index (κ3) is 2.66. The number of halogens is 2. The molecule has 0 heterocycles. The zero-order valence-electron chi connectivity index (χ0n) is 8.80. The highest BCUT2D eigenvalue weighted by molar-refractivity contribution is 6.42. The number of allylic oxidation sites excluding steroid dienone is 2. The van der Waals surface area contributed by atoms with Gasteiger partial charge in [0.2, 0.25) is 0 Å². The zero-order chi connectivity index (χ0) is 11.5. The Balaban J connectivity index is 2.08. The molecule has 1 aromatic rings. The van der Waals surface area contributed by atoms with Gasteiger partial charge in [-0.1, -0.05) is 35.3 Å². The second-order valence-electron chi connectivity index (χ2n) is 3.97. The van der Waals surface area contributed by atoms with Crippen molar-refractivity contribution in [3.8, 4) is 0 Å². The number of ketones is 1. The number of hydrogen-bond donors (Lipinski definition) is 0. The summed E-state index contributed by atoms with van der Waals surface area (Å²) in [7, 11) is 0. The SMILES string of the molecule is O=C(Cc1ccc(Cl)c(Cl)c1)C1=CCCC1. The predicted molar refractivity (Wildman–Crippen MR) is 67.1 cm³/mol. The Labute approximate surface area is 105 Å². The maximum absolute atomic E-state index is 11.9. The first kappa shape index (κ1) is 11.7. The molecule has 1 aromatic carbocycles. The molecule has 1 aliphatic carbocycles. The topological polar surface area (TPSA) is 17.1 Å². The van der Waals surface area contributed by atoms with Gasteiger partial charge in [0, 0.05) is 6.42 Å². The van der Waals surface area contributed by atoms with Crippen molar-refractivity contribution in [3.63, 3.8) is 0 Å². The van der Waals surface area contributed by atoms with Crippen LogP contribution >= 0.6 is 23.2 Å². The van der Waals surface area contributed by atoms with Gasteiger partial charge in [0.15, 0.2) is 5.78 Å². The number of benzene rings is 1. The Bertz CT molecular complexity index is 449. The van der Waals surface area contributed by atoms with Gasteiger partial charge in [0.1, 0.15) is 0 Å². The maximum Gasteiger partial charge on any atom is 0.162 e. The Morgan fingerprint density at radius 2 is 2.06 bits per heavy atom.